The van der Waals surface area contributed by atoms with Gasteiger partial charge < -0.3 is 10.6 Å². The van der Waals surface area contributed by atoms with E-state index in [0.29, 0.717) is 0 Å². The summed E-state index contributed by atoms with van der Waals surface area (Å²) in [4.78, 5) is 29.3. The number of benzene rings is 1. The fourth-order valence-corrected chi connectivity index (χ4v) is 3.79. The fourth-order valence-electron chi connectivity index (χ4n) is 3.79. The summed E-state index contributed by atoms with van der Waals surface area (Å²) in [6.07, 6.45) is 8.17. The van der Waals surface area contributed by atoms with E-state index in [0.717, 1.165) is 68.1 Å². The Morgan fingerprint density at radius 3 is 2.44 bits per heavy atom. The van der Waals surface area contributed by atoms with Gasteiger partial charge in [0.1, 0.15) is 0 Å². The van der Waals surface area contributed by atoms with Crippen molar-refractivity contribution in [2.75, 3.05) is 11.9 Å². The predicted molar refractivity (Wildman–Crippen MR) is 108 cm³/mol. The lowest BCUT2D eigenvalue weighted by molar-refractivity contribution is -0.128. The molecule has 1 fully saturated rings. The van der Waals surface area contributed by atoms with Crippen LogP contribution in [0.5, 0.6) is 0 Å². The van der Waals surface area contributed by atoms with Gasteiger partial charge in [0.25, 0.3) is 0 Å². The Kier molecular flexibility index (Phi) is 6.80. The third-order valence-electron chi connectivity index (χ3n) is 5.44. The highest BCUT2D eigenvalue weighted by atomic mass is 16.2. The van der Waals surface area contributed by atoms with E-state index >= 15 is 0 Å². The molecule has 2 N–H and O–H groups in total. The molecule has 1 aromatic heterocycles. The van der Waals surface area contributed by atoms with Gasteiger partial charge in [0.2, 0.25) is 11.8 Å². The molecule has 0 bridgehead atoms. The Bertz CT molecular complexity index is 777. The quantitative estimate of drug-likeness (QED) is 0.717. The van der Waals surface area contributed by atoms with E-state index in [1.54, 1.807) is 6.20 Å². The molecule has 1 aliphatic carbocycles. The Morgan fingerprint density at radius 1 is 1.00 bits per heavy atom. The molecule has 2 amide bonds. The van der Waals surface area contributed by atoms with E-state index < -0.39 is 0 Å². The van der Waals surface area contributed by atoms with Crippen LogP contribution in [-0.2, 0) is 9.59 Å². The predicted octanol–water partition coefficient (Wildman–Crippen LogP) is 4.29. The van der Waals surface area contributed by atoms with Crippen LogP contribution in [0.15, 0.2) is 36.5 Å². The summed E-state index contributed by atoms with van der Waals surface area (Å²) in [5.74, 6) is 0.209. The first-order valence-electron chi connectivity index (χ1n) is 10.1. The molecule has 0 unspecified atom stereocenters. The first-order valence-corrected chi connectivity index (χ1v) is 10.1. The molecular weight excluding hydrogens is 338 g/mol. The van der Waals surface area contributed by atoms with Gasteiger partial charge in [-0.3, -0.25) is 14.6 Å². The highest BCUT2D eigenvalue weighted by Crippen LogP contribution is 2.30. The number of carbonyl (C=O) groups excluding carboxylic acids is 2. The Labute approximate surface area is 160 Å². The maximum atomic E-state index is 12.7. The summed E-state index contributed by atoms with van der Waals surface area (Å²) in [6, 6.07) is 9.69. The molecule has 5 nitrogen and oxygen atoms in total. The van der Waals surface area contributed by atoms with Gasteiger partial charge in [-0.15, -0.1) is 0 Å². The van der Waals surface area contributed by atoms with Gasteiger partial charge in [0.05, 0.1) is 11.2 Å². The Hall–Kier alpha value is -2.43. The van der Waals surface area contributed by atoms with Gasteiger partial charge in [0, 0.05) is 30.0 Å². The summed E-state index contributed by atoms with van der Waals surface area (Å²) in [7, 11) is 0. The zero-order chi connectivity index (χ0) is 19.1. The maximum absolute atomic E-state index is 12.7. The zero-order valence-electron chi connectivity index (χ0n) is 16.0. The second-order valence-corrected chi connectivity index (χ2v) is 7.42. The molecule has 5 heteroatoms. The van der Waals surface area contributed by atoms with Crippen molar-refractivity contribution in [2.24, 2.45) is 11.8 Å². The number of amides is 2. The summed E-state index contributed by atoms with van der Waals surface area (Å²) >= 11 is 0. The van der Waals surface area contributed by atoms with Crippen LogP contribution in [-0.4, -0.2) is 23.3 Å². The molecule has 1 aromatic carbocycles. The second-order valence-electron chi connectivity index (χ2n) is 7.42. The molecule has 1 saturated carbocycles. The number of nitrogens with zero attached hydrogens (tertiary/aromatic N) is 1. The number of aromatic nitrogens is 1. The molecule has 144 valence electrons. The van der Waals surface area contributed by atoms with Crippen LogP contribution >= 0.6 is 0 Å². The van der Waals surface area contributed by atoms with Crippen LogP contribution in [0.1, 0.15) is 51.9 Å². The summed E-state index contributed by atoms with van der Waals surface area (Å²) < 4.78 is 0. The summed E-state index contributed by atoms with van der Waals surface area (Å²) in [6.45, 7) is 2.92. The SMILES string of the molecule is CCCCCNC(=O)C1CCC(C(=O)Nc2cccc3cccnc23)CC1. The Balaban J connectivity index is 1.50. The number of pyridine rings is 1. The lowest BCUT2D eigenvalue weighted by atomic mass is 9.81. The van der Waals surface area contributed by atoms with E-state index in [1.807, 2.05) is 30.3 Å². The minimum absolute atomic E-state index is 0.0342. The van der Waals surface area contributed by atoms with Crippen LogP contribution in [0.2, 0.25) is 0 Å². The monoisotopic (exact) mass is 367 g/mol. The number of rotatable bonds is 7. The van der Waals surface area contributed by atoms with E-state index in [2.05, 4.69) is 22.5 Å². The standard InChI is InChI=1S/C22H29N3O2/c1-2-3-4-14-24-21(26)17-10-12-18(13-11-17)22(27)25-19-9-5-7-16-8-6-15-23-20(16)19/h5-9,15,17-18H,2-4,10-14H2,1H3,(H,24,26)(H,25,27). The number of unbranched alkanes of at least 4 members (excludes halogenated alkanes) is 2. The van der Waals surface area contributed by atoms with E-state index in [9.17, 15) is 9.59 Å². The molecule has 1 heterocycles. The number of hydrogen-bond acceptors (Lipinski definition) is 3. The average Bonchev–Trinajstić information content (AvgIpc) is 2.71. The first-order chi connectivity index (χ1) is 13.2. The highest BCUT2D eigenvalue weighted by molar-refractivity contribution is 6.01. The number of anilines is 1. The molecule has 2 aromatic rings. The number of fused-ring (bicyclic) bond motifs is 1. The van der Waals surface area contributed by atoms with Crippen LogP contribution < -0.4 is 10.6 Å². The molecule has 3 rings (SSSR count). The van der Waals surface area contributed by atoms with Gasteiger partial charge in [-0.2, -0.15) is 0 Å². The number of hydrogen-bond donors (Lipinski definition) is 2. The topological polar surface area (TPSA) is 71.1 Å². The number of nitrogens with one attached hydrogen (secondary N) is 2. The van der Waals surface area contributed by atoms with Crippen molar-refractivity contribution in [3.63, 3.8) is 0 Å². The molecule has 0 saturated heterocycles. The van der Waals surface area contributed by atoms with Crippen molar-refractivity contribution in [2.45, 2.75) is 51.9 Å². The van der Waals surface area contributed by atoms with Crippen LogP contribution in [0.25, 0.3) is 10.9 Å². The minimum Gasteiger partial charge on any atom is -0.356 e. The molecule has 0 radical (unpaired) electrons. The normalized spacial score (nSPS) is 19.6. The van der Waals surface area contributed by atoms with Crippen LogP contribution in [0.3, 0.4) is 0 Å². The molecule has 0 spiro atoms. The lowest BCUT2D eigenvalue weighted by Gasteiger charge is -2.27. The summed E-state index contributed by atoms with van der Waals surface area (Å²) in [5, 5.41) is 7.10. The van der Waals surface area contributed by atoms with Gasteiger partial charge >= 0.3 is 0 Å². The molecule has 0 atom stereocenters. The fraction of sp³-hybridized carbons (Fsp3) is 0.500. The van der Waals surface area contributed by atoms with E-state index in [4.69, 9.17) is 0 Å². The van der Waals surface area contributed by atoms with Crippen molar-refractivity contribution in [3.8, 4) is 0 Å². The smallest absolute Gasteiger partial charge is 0.227 e. The van der Waals surface area contributed by atoms with E-state index in [1.165, 1.54) is 0 Å². The second kappa shape index (κ2) is 9.49. The maximum Gasteiger partial charge on any atom is 0.227 e. The highest BCUT2D eigenvalue weighted by Gasteiger charge is 2.30. The summed E-state index contributed by atoms with van der Waals surface area (Å²) in [5.41, 5.74) is 1.57. The van der Waals surface area contributed by atoms with Gasteiger partial charge in [-0.05, 0) is 44.2 Å². The third-order valence-corrected chi connectivity index (χ3v) is 5.44. The molecular formula is C22H29N3O2. The lowest BCUT2D eigenvalue weighted by Crippen LogP contribution is -2.36. The third kappa shape index (κ3) is 5.06. The van der Waals surface area contributed by atoms with Gasteiger partial charge in [-0.1, -0.05) is 38.0 Å². The van der Waals surface area contributed by atoms with Gasteiger partial charge in [-0.25, -0.2) is 0 Å². The van der Waals surface area contributed by atoms with Crippen LogP contribution in [0, 0.1) is 11.8 Å². The average molecular weight is 367 g/mol. The minimum atomic E-state index is -0.0342. The van der Waals surface area contributed by atoms with Crippen LogP contribution in [0.4, 0.5) is 5.69 Å². The van der Waals surface area contributed by atoms with Gasteiger partial charge in [0.15, 0.2) is 0 Å². The van der Waals surface area contributed by atoms with Crippen molar-refractivity contribution < 1.29 is 9.59 Å². The molecule has 27 heavy (non-hydrogen) atoms. The van der Waals surface area contributed by atoms with Crippen molar-refractivity contribution in [1.82, 2.24) is 10.3 Å². The Morgan fingerprint density at radius 2 is 1.70 bits per heavy atom. The zero-order valence-corrected chi connectivity index (χ0v) is 16.0. The van der Waals surface area contributed by atoms with Crippen molar-refractivity contribution in [1.29, 1.82) is 0 Å². The van der Waals surface area contributed by atoms with Crippen molar-refractivity contribution in [3.05, 3.63) is 36.5 Å². The van der Waals surface area contributed by atoms with E-state index in [-0.39, 0.29) is 23.7 Å². The first kappa shape index (κ1) is 19.3. The molecule has 1 aliphatic rings. The number of para-hydroxylation sites is 1. The van der Waals surface area contributed by atoms with Crippen molar-refractivity contribution >= 4 is 28.4 Å². The number of carbonyl (C=O) groups is 2. The molecule has 0 aliphatic heterocycles. The largest absolute Gasteiger partial charge is 0.356 e.